The first-order valence-electron chi connectivity index (χ1n) is 7.61. The summed E-state index contributed by atoms with van der Waals surface area (Å²) in [6, 6.07) is 7.28. The second kappa shape index (κ2) is 8.57. The van der Waals surface area contributed by atoms with Gasteiger partial charge in [-0.3, -0.25) is 4.79 Å². The van der Waals surface area contributed by atoms with Gasteiger partial charge in [0.2, 0.25) is 5.91 Å². The van der Waals surface area contributed by atoms with Gasteiger partial charge in [0.15, 0.2) is 16.7 Å². The molecule has 1 aromatic carbocycles. The van der Waals surface area contributed by atoms with Crippen molar-refractivity contribution in [2.24, 2.45) is 0 Å². The molecule has 0 saturated carbocycles. The highest BCUT2D eigenvalue weighted by Crippen LogP contribution is 2.28. The number of methoxy groups -OCH3 is 2. The molecule has 0 bridgehead atoms. The lowest BCUT2D eigenvalue weighted by molar-refractivity contribution is -0.127. The Kier molecular flexibility index (Phi) is 6.46. The molecular weight excluding hydrogens is 340 g/mol. The van der Waals surface area contributed by atoms with Gasteiger partial charge in [0.05, 0.1) is 20.0 Å². The number of nitrogen functional groups attached to an aromatic ring is 1. The summed E-state index contributed by atoms with van der Waals surface area (Å²) in [6.45, 7) is 2.31. The lowest BCUT2D eigenvalue weighted by atomic mass is 10.2. The van der Waals surface area contributed by atoms with E-state index in [1.54, 1.807) is 32.2 Å². The summed E-state index contributed by atoms with van der Waals surface area (Å²) in [4.78, 5) is 22.4. The molecule has 8 heteroatoms. The highest BCUT2D eigenvalue weighted by atomic mass is 32.2. The largest absolute Gasteiger partial charge is 0.493 e. The number of hydrogen-bond acceptors (Lipinski definition) is 7. The van der Waals surface area contributed by atoms with Crippen LogP contribution in [0.25, 0.3) is 0 Å². The van der Waals surface area contributed by atoms with Gasteiger partial charge in [-0.05, 0) is 24.6 Å². The number of anilines is 1. The molecule has 0 aliphatic heterocycles. The molecule has 0 spiro atoms. The van der Waals surface area contributed by atoms with Crippen molar-refractivity contribution in [2.45, 2.75) is 18.6 Å². The van der Waals surface area contributed by atoms with E-state index in [2.05, 4.69) is 9.97 Å². The molecule has 0 unspecified atom stereocenters. The van der Waals surface area contributed by atoms with Crippen LogP contribution >= 0.6 is 11.8 Å². The zero-order chi connectivity index (χ0) is 18.4. The number of amides is 1. The van der Waals surface area contributed by atoms with Gasteiger partial charge in [-0.1, -0.05) is 17.8 Å². The van der Waals surface area contributed by atoms with Crippen LogP contribution in [-0.4, -0.2) is 47.8 Å². The smallest absolute Gasteiger partial charge is 0.233 e. The van der Waals surface area contributed by atoms with Crippen molar-refractivity contribution < 1.29 is 14.3 Å². The van der Waals surface area contributed by atoms with Crippen molar-refractivity contribution in [3.8, 4) is 11.5 Å². The Hall–Kier alpha value is -2.48. The molecule has 2 N–H and O–H groups in total. The highest BCUT2D eigenvalue weighted by molar-refractivity contribution is 7.99. The molecule has 0 atom stereocenters. The van der Waals surface area contributed by atoms with Gasteiger partial charge in [-0.2, -0.15) is 0 Å². The van der Waals surface area contributed by atoms with E-state index in [9.17, 15) is 4.79 Å². The number of nitrogens with zero attached hydrogens (tertiary/aromatic N) is 3. The minimum absolute atomic E-state index is 0.0246. The first-order chi connectivity index (χ1) is 11.9. The number of aryl methyl sites for hydroxylation is 1. The number of benzene rings is 1. The third kappa shape index (κ3) is 5.25. The summed E-state index contributed by atoms with van der Waals surface area (Å²) >= 11 is 1.27. The second-order valence-electron chi connectivity index (χ2n) is 5.44. The van der Waals surface area contributed by atoms with Gasteiger partial charge in [-0.15, -0.1) is 0 Å². The number of carbonyl (C=O) groups is 1. The van der Waals surface area contributed by atoms with Crippen molar-refractivity contribution in [3.05, 3.63) is 35.5 Å². The number of rotatable bonds is 7. The van der Waals surface area contributed by atoms with E-state index in [0.717, 1.165) is 11.3 Å². The van der Waals surface area contributed by atoms with Crippen LogP contribution in [0.3, 0.4) is 0 Å². The van der Waals surface area contributed by atoms with E-state index in [4.69, 9.17) is 15.2 Å². The van der Waals surface area contributed by atoms with Crippen LogP contribution < -0.4 is 15.2 Å². The van der Waals surface area contributed by atoms with Gasteiger partial charge in [0.1, 0.15) is 5.82 Å². The monoisotopic (exact) mass is 362 g/mol. The predicted molar refractivity (Wildman–Crippen MR) is 97.9 cm³/mol. The van der Waals surface area contributed by atoms with Crippen molar-refractivity contribution >= 4 is 23.5 Å². The zero-order valence-electron chi connectivity index (χ0n) is 14.8. The summed E-state index contributed by atoms with van der Waals surface area (Å²) in [5.74, 6) is 1.92. The van der Waals surface area contributed by atoms with E-state index in [1.807, 2.05) is 25.1 Å². The fraction of sp³-hybridized carbons (Fsp3) is 0.353. The Morgan fingerprint density at radius 1 is 1.20 bits per heavy atom. The van der Waals surface area contributed by atoms with Crippen LogP contribution in [0.1, 0.15) is 11.3 Å². The number of aromatic nitrogens is 2. The van der Waals surface area contributed by atoms with Crippen molar-refractivity contribution in [1.82, 2.24) is 14.9 Å². The fourth-order valence-corrected chi connectivity index (χ4v) is 3.06. The molecule has 1 amide bonds. The Bertz CT molecular complexity index is 734. The van der Waals surface area contributed by atoms with Crippen LogP contribution in [0, 0.1) is 6.92 Å². The number of thioether (sulfide) groups is 1. The number of carbonyl (C=O) groups excluding carboxylic acids is 1. The first kappa shape index (κ1) is 18.9. The topological polar surface area (TPSA) is 90.6 Å². The summed E-state index contributed by atoms with van der Waals surface area (Å²) in [5, 5.41) is 0.505. The Morgan fingerprint density at radius 2 is 1.92 bits per heavy atom. The minimum atomic E-state index is -0.0246. The molecule has 0 aliphatic rings. The molecule has 1 heterocycles. The molecular formula is C17H22N4O3S. The molecule has 0 fully saturated rings. The van der Waals surface area contributed by atoms with Crippen molar-refractivity contribution in [2.75, 3.05) is 32.8 Å². The van der Waals surface area contributed by atoms with Gasteiger partial charge >= 0.3 is 0 Å². The van der Waals surface area contributed by atoms with Crippen molar-refractivity contribution in [3.63, 3.8) is 0 Å². The van der Waals surface area contributed by atoms with Crippen LogP contribution in [0.5, 0.6) is 11.5 Å². The highest BCUT2D eigenvalue weighted by Gasteiger charge is 2.13. The molecule has 134 valence electrons. The van der Waals surface area contributed by atoms with Gasteiger partial charge in [-0.25, -0.2) is 9.97 Å². The minimum Gasteiger partial charge on any atom is -0.493 e. The van der Waals surface area contributed by atoms with E-state index >= 15 is 0 Å². The molecule has 2 rings (SSSR count). The molecule has 0 saturated heterocycles. The molecule has 0 aliphatic carbocycles. The van der Waals surface area contributed by atoms with Crippen LogP contribution in [-0.2, 0) is 11.3 Å². The third-order valence-corrected chi connectivity index (χ3v) is 4.30. The maximum atomic E-state index is 12.3. The number of ether oxygens (including phenoxy) is 2. The molecule has 2 aromatic rings. The maximum absolute atomic E-state index is 12.3. The lowest BCUT2D eigenvalue weighted by Crippen LogP contribution is -2.27. The normalized spacial score (nSPS) is 10.4. The quantitative estimate of drug-likeness (QED) is 0.596. The van der Waals surface area contributed by atoms with E-state index in [1.165, 1.54) is 11.8 Å². The fourth-order valence-electron chi connectivity index (χ4n) is 2.21. The summed E-state index contributed by atoms with van der Waals surface area (Å²) in [5.41, 5.74) is 7.43. The van der Waals surface area contributed by atoms with E-state index in [-0.39, 0.29) is 11.7 Å². The van der Waals surface area contributed by atoms with E-state index < -0.39 is 0 Å². The number of hydrogen-bond donors (Lipinski definition) is 1. The summed E-state index contributed by atoms with van der Waals surface area (Å²) < 4.78 is 10.5. The number of nitrogens with two attached hydrogens (primary N) is 1. The molecule has 7 nitrogen and oxygen atoms in total. The predicted octanol–water partition coefficient (Wildman–Crippen LogP) is 2.14. The molecule has 0 radical (unpaired) electrons. The van der Waals surface area contributed by atoms with Crippen LogP contribution in [0.4, 0.5) is 5.82 Å². The SMILES string of the molecule is COc1ccc(CN(C)C(=O)CSc2nc(C)cc(N)n2)cc1OC. The maximum Gasteiger partial charge on any atom is 0.233 e. The van der Waals surface area contributed by atoms with Gasteiger partial charge in [0.25, 0.3) is 0 Å². The van der Waals surface area contributed by atoms with E-state index in [0.29, 0.717) is 29.0 Å². The standard InChI is InChI=1S/C17H22N4O3S/c1-11-7-15(18)20-17(19-11)25-10-16(22)21(2)9-12-5-6-13(23-3)14(8-12)24-4/h5-8H,9-10H2,1-4H3,(H2,18,19,20). The first-order valence-corrected chi connectivity index (χ1v) is 8.60. The summed E-state index contributed by atoms with van der Waals surface area (Å²) in [7, 11) is 4.93. The average Bonchev–Trinajstić information content (AvgIpc) is 2.58. The molecule has 25 heavy (non-hydrogen) atoms. The van der Waals surface area contributed by atoms with Crippen LogP contribution in [0.15, 0.2) is 29.4 Å². The van der Waals surface area contributed by atoms with Gasteiger partial charge in [0, 0.05) is 25.4 Å². The molecule has 1 aromatic heterocycles. The Morgan fingerprint density at radius 3 is 2.56 bits per heavy atom. The third-order valence-electron chi connectivity index (χ3n) is 3.47. The summed E-state index contributed by atoms with van der Waals surface area (Å²) in [6.07, 6.45) is 0. The van der Waals surface area contributed by atoms with Crippen LogP contribution in [0.2, 0.25) is 0 Å². The lowest BCUT2D eigenvalue weighted by Gasteiger charge is -2.18. The Balaban J connectivity index is 1.96. The zero-order valence-corrected chi connectivity index (χ0v) is 15.6. The second-order valence-corrected chi connectivity index (χ2v) is 6.39. The van der Waals surface area contributed by atoms with Gasteiger partial charge < -0.3 is 20.1 Å². The average molecular weight is 362 g/mol. The Labute approximate surface area is 151 Å². The van der Waals surface area contributed by atoms with Crippen molar-refractivity contribution in [1.29, 1.82) is 0 Å².